The van der Waals surface area contributed by atoms with Crippen LogP contribution in [-0.4, -0.2) is 26.7 Å². The predicted molar refractivity (Wildman–Crippen MR) is 129 cm³/mol. The Balaban J connectivity index is 1.72. The van der Waals surface area contributed by atoms with Gasteiger partial charge in [0.2, 0.25) is 10.0 Å². The molecule has 0 saturated carbocycles. The lowest BCUT2D eigenvalue weighted by Gasteiger charge is -2.23. The number of carbonyl (C=O) groups is 1. The van der Waals surface area contributed by atoms with E-state index in [4.69, 9.17) is 16.3 Å². The molecular weight excluding hydrogens is 448 g/mol. The molecule has 0 spiro atoms. The number of rotatable bonds is 8. The lowest BCUT2D eigenvalue weighted by molar-refractivity contribution is 0.102. The Morgan fingerprint density at radius 1 is 0.969 bits per heavy atom. The Labute approximate surface area is 193 Å². The van der Waals surface area contributed by atoms with Gasteiger partial charge >= 0.3 is 0 Å². The first-order chi connectivity index (χ1) is 15.1. The number of hydrogen-bond donors (Lipinski definition) is 1. The van der Waals surface area contributed by atoms with Gasteiger partial charge in [-0.05, 0) is 80.1 Å². The molecule has 0 unspecified atom stereocenters. The molecule has 8 heteroatoms. The van der Waals surface area contributed by atoms with E-state index in [2.05, 4.69) is 5.32 Å². The van der Waals surface area contributed by atoms with Crippen molar-refractivity contribution >= 4 is 38.9 Å². The molecule has 6 nitrogen and oxygen atoms in total. The van der Waals surface area contributed by atoms with Crippen molar-refractivity contribution in [2.45, 2.75) is 26.5 Å². The highest BCUT2D eigenvalue weighted by Gasteiger charge is 2.18. The zero-order valence-electron chi connectivity index (χ0n) is 18.1. The van der Waals surface area contributed by atoms with Gasteiger partial charge in [-0.25, -0.2) is 8.42 Å². The Hall–Kier alpha value is -3.03. The molecule has 3 rings (SSSR count). The van der Waals surface area contributed by atoms with Crippen molar-refractivity contribution in [3.8, 4) is 5.75 Å². The highest BCUT2D eigenvalue weighted by Crippen LogP contribution is 2.23. The van der Waals surface area contributed by atoms with E-state index in [0.717, 1.165) is 17.6 Å². The fourth-order valence-corrected chi connectivity index (χ4v) is 4.04. The average Bonchev–Trinajstić information content (AvgIpc) is 2.73. The van der Waals surface area contributed by atoms with Gasteiger partial charge in [0.05, 0.1) is 24.6 Å². The van der Waals surface area contributed by atoms with Gasteiger partial charge in [-0.3, -0.25) is 9.10 Å². The third-order valence-electron chi connectivity index (χ3n) is 4.54. The summed E-state index contributed by atoms with van der Waals surface area (Å²) in [5.74, 6) is 0.432. The van der Waals surface area contributed by atoms with Gasteiger partial charge in [-0.15, -0.1) is 0 Å². The van der Waals surface area contributed by atoms with Gasteiger partial charge in [0.1, 0.15) is 5.75 Å². The molecule has 0 aliphatic rings. The molecule has 0 aliphatic carbocycles. The molecule has 3 aromatic carbocycles. The van der Waals surface area contributed by atoms with Crippen molar-refractivity contribution in [1.82, 2.24) is 0 Å². The minimum absolute atomic E-state index is 0.0696. The van der Waals surface area contributed by atoms with Crippen molar-refractivity contribution < 1.29 is 17.9 Å². The van der Waals surface area contributed by atoms with Crippen molar-refractivity contribution in [1.29, 1.82) is 0 Å². The molecule has 0 aliphatic heterocycles. The first kappa shape index (κ1) is 23.6. The second-order valence-corrected chi connectivity index (χ2v) is 9.93. The molecule has 0 atom stereocenters. The van der Waals surface area contributed by atoms with Crippen LogP contribution in [0.3, 0.4) is 0 Å². The van der Waals surface area contributed by atoms with E-state index in [9.17, 15) is 13.2 Å². The normalized spacial score (nSPS) is 11.3. The summed E-state index contributed by atoms with van der Waals surface area (Å²) in [7, 11) is -3.53. The smallest absolute Gasteiger partial charge is 0.255 e. The summed E-state index contributed by atoms with van der Waals surface area (Å²) < 4.78 is 31.6. The van der Waals surface area contributed by atoms with E-state index in [1.807, 2.05) is 13.8 Å². The summed E-state index contributed by atoms with van der Waals surface area (Å²) in [6.07, 6.45) is 1.22. The molecule has 3 aromatic rings. The lowest BCUT2D eigenvalue weighted by Crippen LogP contribution is -2.29. The Bertz CT molecular complexity index is 1160. The number of sulfonamides is 1. The molecule has 0 heterocycles. The zero-order valence-corrected chi connectivity index (χ0v) is 19.7. The largest absolute Gasteiger partial charge is 0.491 e. The van der Waals surface area contributed by atoms with E-state index < -0.39 is 10.0 Å². The standard InChI is InChI=1S/C24H25ClN2O4S/c1-17(2)31-23-14-10-21(11-15-23)26-24(28)19-6-12-22(13-7-19)27(32(3,29)30)16-18-4-8-20(25)9-5-18/h4-15,17H,16H2,1-3H3,(H,26,28). The van der Waals surface area contributed by atoms with E-state index in [-0.39, 0.29) is 18.6 Å². The summed E-state index contributed by atoms with van der Waals surface area (Å²) in [4.78, 5) is 12.6. The van der Waals surface area contributed by atoms with Gasteiger partial charge in [-0.2, -0.15) is 0 Å². The van der Waals surface area contributed by atoms with Crippen molar-refractivity contribution in [2.24, 2.45) is 0 Å². The minimum Gasteiger partial charge on any atom is -0.491 e. The fraction of sp³-hybridized carbons (Fsp3) is 0.208. The quantitative estimate of drug-likeness (QED) is 0.479. The maximum Gasteiger partial charge on any atom is 0.255 e. The molecule has 1 amide bonds. The Kier molecular flexibility index (Phi) is 7.43. The summed E-state index contributed by atoms with van der Waals surface area (Å²) in [5, 5.41) is 3.40. The zero-order chi connectivity index (χ0) is 23.3. The number of halogens is 1. The first-order valence-electron chi connectivity index (χ1n) is 10.0. The maximum atomic E-state index is 12.6. The molecular formula is C24H25ClN2O4S. The number of hydrogen-bond acceptors (Lipinski definition) is 4. The van der Waals surface area contributed by atoms with E-state index in [1.54, 1.807) is 72.8 Å². The second-order valence-electron chi connectivity index (χ2n) is 7.59. The highest BCUT2D eigenvalue weighted by molar-refractivity contribution is 7.92. The van der Waals surface area contributed by atoms with Gasteiger partial charge in [-0.1, -0.05) is 23.7 Å². The van der Waals surface area contributed by atoms with Crippen LogP contribution in [0.5, 0.6) is 5.75 Å². The highest BCUT2D eigenvalue weighted by atomic mass is 35.5. The van der Waals surface area contributed by atoms with Crippen molar-refractivity contribution in [3.63, 3.8) is 0 Å². The van der Waals surface area contributed by atoms with Crippen molar-refractivity contribution in [3.05, 3.63) is 88.9 Å². The number of ether oxygens (including phenoxy) is 1. The summed E-state index contributed by atoms with van der Waals surface area (Å²) in [6, 6.07) is 20.5. The van der Waals surface area contributed by atoms with Crippen LogP contribution >= 0.6 is 11.6 Å². The van der Waals surface area contributed by atoms with Crippen LogP contribution in [-0.2, 0) is 16.6 Å². The number of benzene rings is 3. The Morgan fingerprint density at radius 2 is 1.56 bits per heavy atom. The summed E-state index contributed by atoms with van der Waals surface area (Å²) >= 11 is 5.91. The molecule has 168 valence electrons. The SMILES string of the molecule is CC(C)Oc1ccc(NC(=O)c2ccc(N(Cc3ccc(Cl)cc3)S(C)(=O)=O)cc2)cc1. The van der Waals surface area contributed by atoms with Crippen LogP contribution in [0, 0.1) is 0 Å². The number of nitrogens with zero attached hydrogens (tertiary/aromatic N) is 1. The van der Waals surface area contributed by atoms with E-state index >= 15 is 0 Å². The number of carbonyl (C=O) groups excluding carboxylic acids is 1. The average molecular weight is 473 g/mol. The second kappa shape index (κ2) is 10.1. The summed E-state index contributed by atoms with van der Waals surface area (Å²) in [6.45, 7) is 4.05. The lowest BCUT2D eigenvalue weighted by atomic mass is 10.1. The maximum absolute atomic E-state index is 12.6. The van der Waals surface area contributed by atoms with Crippen LogP contribution in [0.1, 0.15) is 29.8 Å². The molecule has 0 aromatic heterocycles. The molecule has 1 N–H and O–H groups in total. The molecule has 0 bridgehead atoms. The van der Waals surface area contributed by atoms with Gasteiger partial charge in [0, 0.05) is 16.3 Å². The van der Waals surface area contributed by atoms with Crippen LogP contribution in [0.25, 0.3) is 0 Å². The molecule has 32 heavy (non-hydrogen) atoms. The fourth-order valence-electron chi connectivity index (χ4n) is 3.03. The van der Waals surface area contributed by atoms with Crippen LogP contribution in [0.4, 0.5) is 11.4 Å². The van der Waals surface area contributed by atoms with Gasteiger partial charge < -0.3 is 10.1 Å². The van der Waals surface area contributed by atoms with E-state index in [1.165, 1.54) is 4.31 Å². The van der Waals surface area contributed by atoms with Crippen molar-refractivity contribution in [2.75, 3.05) is 15.9 Å². The molecule has 0 saturated heterocycles. The number of amides is 1. The van der Waals surface area contributed by atoms with E-state index in [0.29, 0.717) is 22.0 Å². The van der Waals surface area contributed by atoms with Crippen LogP contribution in [0.2, 0.25) is 5.02 Å². The van der Waals surface area contributed by atoms with Gasteiger partial charge in [0.25, 0.3) is 5.91 Å². The van der Waals surface area contributed by atoms with Crippen LogP contribution < -0.4 is 14.4 Å². The first-order valence-corrected chi connectivity index (χ1v) is 12.2. The number of nitrogens with one attached hydrogen (secondary N) is 1. The molecule has 0 fully saturated rings. The third kappa shape index (κ3) is 6.48. The van der Waals surface area contributed by atoms with Gasteiger partial charge in [0.15, 0.2) is 0 Å². The molecule has 0 radical (unpaired) electrons. The predicted octanol–water partition coefficient (Wildman–Crippen LogP) is 5.35. The summed E-state index contributed by atoms with van der Waals surface area (Å²) in [5.41, 5.74) is 2.31. The Morgan fingerprint density at radius 3 is 2.09 bits per heavy atom. The number of anilines is 2. The van der Waals surface area contributed by atoms with Crippen LogP contribution in [0.15, 0.2) is 72.8 Å². The topological polar surface area (TPSA) is 75.7 Å². The monoisotopic (exact) mass is 472 g/mol. The minimum atomic E-state index is -3.53. The third-order valence-corrected chi connectivity index (χ3v) is 5.93.